The van der Waals surface area contributed by atoms with Crippen molar-refractivity contribution in [3.63, 3.8) is 0 Å². The molecule has 39 heavy (non-hydrogen) atoms. The van der Waals surface area contributed by atoms with Crippen LogP contribution in [0, 0.1) is 0 Å². The second-order valence-electron chi connectivity index (χ2n) is 9.29. The van der Waals surface area contributed by atoms with E-state index >= 15 is 0 Å². The Morgan fingerprint density at radius 1 is 0.385 bits per heavy atom. The predicted octanol–water partition coefficient (Wildman–Crippen LogP) is 7.85. The van der Waals surface area contributed by atoms with Crippen molar-refractivity contribution >= 4 is 5.65 Å². The lowest BCUT2D eigenvalue weighted by molar-refractivity contribution is 1.07. The van der Waals surface area contributed by atoms with Crippen molar-refractivity contribution in [2.75, 3.05) is 0 Å². The van der Waals surface area contributed by atoms with E-state index < -0.39 is 0 Å². The van der Waals surface area contributed by atoms with Crippen molar-refractivity contribution in [3.05, 3.63) is 140 Å². The maximum atomic E-state index is 4.89. The summed E-state index contributed by atoms with van der Waals surface area (Å²) >= 11 is 0. The number of hydrogen-bond donors (Lipinski definition) is 0. The first-order chi connectivity index (χ1) is 19.3. The quantitative estimate of drug-likeness (QED) is 0.241. The molecule has 0 unspecified atom stereocenters. The van der Waals surface area contributed by atoms with E-state index in [4.69, 9.17) is 19.9 Å². The molecule has 0 radical (unpaired) electrons. The first kappa shape index (κ1) is 22.8. The Kier molecular flexibility index (Phi) is 5.72. The van der Waals surface area contributed by atoms with Gasteiger partial charge in [0.2, 0.25) is 0 Å². The van der Waals surface area contributed by atoms with Crippen molar-refractivity contribution in [1.29, 1.82) is 0 Å². The third-order valence-corrected chi connectivity index (χ3v) is 6.68. The molecule has 184 valence electrons. The Labute approximate surface area is 226 Å². The summed E-state index contributed by atoms with van der Waals surface area (Å²) in [4.78, 5) is 19.4. The number of nitrogens with zero attached hydrogens (tertiary/aromatic N) is 5. The first-order valence-electron chi connectivity index (χ1n) is 12.8. The van der Waals surface area contributed by atoms with Crippen molar-refractivity contribution < 1.29 is 0 Å². The number of rotatable bonds is 5. The molecule has 0 aliphatic carbocycles. The molecule has 3 aromatic heterocycles. The van der Waals surface area contributed by atoms with Gasteiger partial charge in [-0.05, 0) is 35.4 Å². The van der Waals surface area contributed by atoms with Crippen LogP contribution in [0.2, 0.25) is 0 Å². The average molecular weight is 502 g/mol. The van der Waals surface area contributed by atoms with Crippen LogP contribution in [-0.4, -0.2) is 24.3 Å². The predicted molar refractivity (Wildman–Crippen MR) is 156 cm³/mol. The van der Waals surface area contributed by atoms with Gasteiger partial charge in [0.25, 0.3) is 0 Å². The molecule has 3 heterocycles. The zero-order valence-corrected chi connectivity index (χ0v) is 21.0. The van der Waals surface area contributed by atoms with Crippen molar-refractivity contribution in [3.8, 4) is 56.5 Å². The highest BCUT2D eigenvalue weighted by atomic mass is 15.0. The number of benzene rings is 4. The minimum atomic E-state index is 0.640. The Morgan fingerprint density at radius 3 is 1.49 bits per heavy atom. The summed E-state index contributed by atoms with van der Waals surface area (Å²) in [6.07, 6.45) is 4.08. The van der Waals surface area contributed by atoms with E-state index in [0.717, 1.165) is 44.7 Å². The van der Waals surface area contributed by atoms with Gasteiger partial charge in [0.15, 0.2) is 17.5 Å². The smallest absolute Gasteiger partial charge is 0.164 e. The van der Waals surface area contributed by atoms with E-state index in [-0.39, 0.29) is 0 Å². The number of pyridine rings is 1. The molecule has 0 amide bonds. The number of imidazole rings is 1. The van der Waals surface area contributed by atoms with Crippen LogP contribution in [-0.2, 0) is 0 Å². The van der Waals surface area contributed by atoms with Gasteiger partial charge in [0.05, 0.1) is 5.69 Å². The lowest BCUT2D eigenvalue weighted by Gasteiger charge is -2.10. The highest BCUT2D eigenvalue weighted by molar-refractivity contribution is 5.76. The number of hydrogen-bond acceptors (Lipinski definition) is 4. The minimum Gasteiger partial charge on any atom is -0.306 e. The van der Waals surface area contributed by atoms with Crippen LogP contribution >= 0.6 is 0 Å². The second-order valence-corrected chi connectivity index (χ2v) is 9.29. The third-order valence-electron chi connectivity index (χ3n) is 6.68. The molecule has 7 aromatic rings. The van der Waals surface area contributed by atoms with Gasteiger partial charge < -0.3 is 4.40 Å². The zero-order valence-electron chi connectivity index (χ0n) is 21.0. The Balaban J connectivity index is 1.31. The second kappa shape index (κ2) is 9.80. The molecular formula is C34H23N5. The van der Waals surface area contributed by atoms with Gasteiger partial charge in [-0.2, -0.15) is 0 Å². The van der Waals surface area contributed by atoms with Gasteiger partial charge in [-0.25, -0.2) is 19.9 Å². The minimum absolute atomic E-state index is 0.640. The molecular weight excluding hydrogens is 478 g/mol. The maximum Gasteiger partial charge on any atom is 0.164 e. The summed E-state index contributed by atoms with van der Waals surface area (Å²) in [5.74, 6) is 1.94. The summed E-state index contributed by atoms with van der Waals surface area (Å²) in [5, 5.41) is 0. The zero-order chi connectivity index (χ0) is 26.0. The maximum absolute atomic E-state index is 4.89. The molecule has 0 fully saturated rings. The fraction of sp³-hybridized carbons (Fsp3) is 0. The van der Waals surface area contributed by atoms with Crippen LogP contribution in [0.4, 0.5) is 0 Å². The normalized spacial score (nSPS) is 11.1. The molecule has 0 aliphatic heterocycles. The van der Waals surface area contributed by atoms with E-state index in [2.05, 4.69) is 48.7 Å². The van der Waals surface area contributed by atoms with Crippen LogP contribution in [0.25, 0.3) is 62.2 Å². The average Bonchev–Trinajstić information content (AvgIpc) is 3.47. The topological polar surface area (TPSA) is 56.0 Å². The molecule has 5 heteroatoms. The molecule has 0 N–H and O–H groups in total. The van der Waals surface area contributed by atoms with Crippen LogP contribution in [0.15, 0.2) is 140 Å². The molecule has 0 atom stereocenters. The van der Waals surface area contributed by atoms with E-state index in [0.29, 0.717) is 17.5 Å². The van der Waals surface area contributed by atoms with Gasteiger partial charge in [0, 0.05) is 34.6 Å². The van der Waals surface area contributed by atoms with Crippen molar-refractivity contribution in [2.45, 2.75) is 0 Å². The lowest BCUT2D eigenvalue weighted by atomic mass is 10.00. The third kappa shape index (κ3) is 4.58. The molecule has 0 spiro atoms. The molecule has 5 nitrogen and oxygen atoms in total. The molecule has 7 rings (SSSR count). The van der Waals surface area contributed by atoms with Gasteiger partial charge in [-0.3, -0.25) is 0 Å². The van der Waals surface area contributed by atoms with Crippen molar-refractivity contribution in [2.24, 2.45) is 0 Å². The molecule has 4 aromatic carbocycles. The summed E-state index contributed by atoms with van der Waals surface area (Å²) in [7, 11) is 0. The monoisotopic (exact) mass is 501 g/mol. The van der Waals surface area contributed by atoms with E-state index in [1.807, 2.05) is 95.5 Å². The van der Waals surface area contributed by atoms with Crippen molar-refractivity contribution in [1.82, 2.24) is 24.3 Å². The lowest BCUT2D eigenvalue weighted by Crippen LogP contribution is -2.00. The summed E-state index contributed by atoms with van der Waals surface area (Å²) < 4.78 is 2.04. The Bertz CT molecular complexity index is 1820. The molecule has 0 aliphatic rings. The van der Waals surface area contributed by atoms with Crippen LogP contribution < -0.4 is 0 Å². The standard InChI is InChI=1S/C34H23N5/c1-3-11-24(12-4-1)32-36-33(25-13-5-2-6-14-25)38-34(37-32)29-18-10-16-27(22-29)26-15-9-17-28(21-26)30-23-39-20-8-7-19-31(39)35-30/h1-23H. The van der Waals surface area contributed by atoms with E-state index in [9.17, 15) is 0 Å². The van der Waals surface area contributed by atoms with Gasteiger partial charge in [-0.15, -0.1) is 0 Å². The molecule has 0 saturated heterocycles. The van der Waals surface area contributed by atoms with E-state index in [1.54, 1.807) is 0 Å². The van der Waals surface area contributed by atoms with Crippen LogP contribution in [0.5, 0.6) is 0 Å². The largest absolute Gasteiger partial charge is 0.306 e. The van der Waals surface area contributed by atoms with Crippen LogP contribution in [0.3, 0.4) is 0 Å². The summed E-state index contributed by atoms with van der Waals surface area (Å²) in [6.45, 7) is 0. The summed E-state index contributed by atoms with van der Waals surface area (Å²) in [6, 6.07) is 42.9. The fourth-order valence-corrected chi connectivity index (χ4v) is 4.71. The Morgan fingerprint density at radius 2 is 0.872 bits per heavy atom. The van der Waals surface area contributed by atoms with Gasteiger partial charge in [0.1, 0.15) is 5.65 Å². The molecule has 0 saturated carbocycles. The van der Waals surface area contributed by atoms with Gasteiger partial charge in [-0.1, -0.05) is 103 Å². The first-order valence-corrected chi connectivity index (χ1v) is 12.8. The molecule has 0 bridgehead atoms. The van der Waals surface area contributed by atoms with Gasteiger partial charge >= 0.3 is 0 Å². The number of fused-ring (bicyclic) bond motifs is 1. The highest BCUT2D eigenvalue weighted by Crippen LogP contribution is 2.30. The van der Waals surface area contributed by atoms with E-state index in [1.165, 1.54) is 0 Å². The fourth-order valence-electron chi connectivity index (χ4n) is 4.71. The SMILES string of the molecule is c1ccc(-c2nc(-c3ccccc3)nc(-c3cccc(-c4cccc(-c5cn6ccccc6n5)c4)c3)n2)cc1. The van der Waals surface area contributed by atoms with Crippen LogP contribution in [0.1, 0.15) is 0 Å². The number of aromatic nitrogens is 5. The Hall–Kier alpha value is -5.42. The summed E-state index contributed by atoms with van der Waals surface area (Å²) in [5.41, 5.74) is 7.97. The highest BCUT2D eigenvalue weighted by Gasteiger charge is 2.13.